The van der Waals surface area contributed by atoms with Gasteiger partial charge < -0.3 is 10.1 Å². The molecule has 0 radical (unpaired) electrons. The highest BCUT2D eigenvalue weighted by Crippen LogP contribution is 2.12. The summed E-state index contributed by atoms with van der Waals surface area (Å²) in [6.07, 6.45) is 21.7. The van der Waals surface area contributed by atoms with E-state index in [9.17, 15) is 4.79 Å². The van der Waals surface area contributed by atoms with Crippen molar-refractivity contribution in [3.63, 3.8) is 0 Å². The zero-order valence-corrected chi connectivity index (χ0v) is 16.4. The first kappa shape index (κ1) is 23.0. The monoisotopic (exact) mass is 339 g/mol. The van der Waals surface area contributed by atoms with Gasteiger partial charge in [0.2, 0.25) is 0 Å². The molecule has 142 valence electrons. The Morgan fingerprint density at radius 1 is 0.833 bits per heavy atom. The lowest BCUT2D eigenvalue weighted by Crippen LogP contribution is -2.34. The maximum Gasteiger partial charge on any atom is 0.407 e. The van der Waals surface area contributed by atoms with E-state index in [0.717, 1.165) is 12.8 Å². The molecule has 1 N–H and O–H groups in total. The molecule has 0 spiro atoms. The highest BCUT2D eigenvalue weighted by Gasteiger charge is 2.11. The van der Waals surface area contributed by atoms with E-state index in [1.807, 2.05) is 0 Å². The molecule has 0 aromatic carbocycles. The fraction of sp³-hybridized carbons (Fsp3) is 0.857. The lowest BCUT2D eigenvalue weighted by Gasteiger charge is -2.17. The van der Waals surface area contributed by atoms with Crippen molar-refractivity contribution in [2.45, 2.75) is 110 Å². The maximum absolute atomic E-state index is 11.4. The topological polar surface area (TPSA) is 38.3 Å². The number of carbonyl (C=O) groups is 1. The first-order chi connectivity index (χ1) is 11.7. The molecule has 0 rings (SSSR count). The summed E-state index contributed by atoms with van der Waals surface area (Å²) < 4.78 is 4.73. The van der Waals surface area contributed by atoms with Crippen LogP contribution in [0.5, 0.6) is 0 Å². The van der Waals surface area contributed by atoms with Crippen LogP contribution in [0.15, 0.2) is 12.2 Å². The number of hydrogen-bond acceptors (Lipinski definition) is 2. The summed E-state index contributed by atoms with van der Waals surface area (Å²) in [5.74, 6) is 0. The summed E-state index contributed by atoms with van der Waals surface area (Å²) in [5, 5.41) is 2.99. The van der Waals surface area contributed by atoms with E-state index in [4.69, 9.17) is 4.74 Å². The molecule has 0 fully saturated rings. The minimum atomic E-state index is -0.289. The fourth-order valence-corrected chi connectivity index (χ4v) is 2.91. The summed E-state index contributed by atoms with van der Waals surface area (Å²) in [7, 11) is 1.44. The third-order valence-corrected chi connectivity index (χ3v) is 4.48. The number of rotatable bonds is 16. The van der Waals surface area contributed by atoms with Crippen LogP contribution in [0.3, 0.4) is 0 Å². The van der Waals surface area contributed by atoms with Crippen molar-refractivity contribution in [1.82, 2.24) is 5.32 Å². The molecule has 0 saturated heterocycles. The molecule has 3 nitrogen and oxygen atoms in total. The third-order valence-electron chi connectivity index (χ3n) is 4.48. The predicted molar refractivity (Wildman–Crippen MR) is 104 cm³/mol. The van der Waals surface area contributed by atoms with Gasteiger partial charge in [-0.05, 0) is 38.5 Å². The second-order valence-corrected chi connectivity index (χ2v) is 6.79. The average Bonchev–Trinajstić information content (AvgIpc) is 2.59. The van der Waals surface area contributed by atoms with E-state index in [0.29, 0.717) is 0 Å². The molecule has 1 unspecified atom stereocenters. The Balaban J connectivity index is 3.66. The summed E-state index contributed by atoms with van der Waals surface area (Å²) >= 11 is 0. The minimum Gasteiger partial charge on any atom is -0.453 e. The van der Waals surface area contributed by atoms with Crippen LogP contribution in [0.2, 0.25) is 0 Å². The number of unbranched alkanes of at least 4 members (excludes halogenated alkanes) is 9. The first-order valence-corrected chi connectivity index (χ1v) is 10.2. The molecule has 24 heavy (non-hydrogen) atoms. The van der Waals surface area contributed by atoms with Crippen LogP contribution in [0, 0.1) is 0 Å². The summed E-state index contributed by atoms with van der Waals surface area (Å²) in [5.41, 5.74) is 0. The summed E-state index contributed by atoms with van der Waals surface area (Å²) in [6, 6.07) is 0.276. The predicted octanol–water partition coefficient (Wildman–Crippen LogP) is 6.77. The molecule has 3 heteroatoms. The van der Waals surface area contributed by atoms with Gasteiger partial charge in [0, 0.05) is 6.04 Å². The highest BCUT2D eigenvalue weighted by molar-refractivity contribution is 5.67. The van der Waals surface area contributed by atoms with Gasteiger partial charge in [-0.15, -0.1) is 0 Å². The standard InChI is InChI=1S/C21H41NO2/c1-4-6-8-9-10-11-12-13-14-15-17-19-20(18-16-7-5-2)22-21(23)24-3/h11-12,20H,4-10,13-19H2,1-3H3,(H,22,23)/b12-11+. The Hall–Kier alpha value is -0.990. The molecule has 0 aliphatic rings. The van der Waals surface area contributed by atoms with Gasteiger partial charge in [0.05, 0.1) is 7.11 Å². The van der Waals surface area contributed by atoms with Gasteiger partial charge in [0.25, 0.3) is 0 Å². The lowest BCUT2D eigenvalue weighted by molar-refractivity contribution is 0.164. The minimum absolute atomic E-state index is 0.276. The number of methoxy groups -OCH3 is 1. The van der Waals surface area contributed by atoms with Crippen LogP contribution in [-0.2, 0) is 4.74 Å². The van der Waals surface area contributed by atoms with Gasteiger partial charge >= 0.3 is 6.09 Å². The van der Waals surface area contributed by atoms with Gasteiger partial charge in [0.1, 0.15) is 0 Å². The maximum atomic E-state index is 11.4. The molecule has 1 amide bonds. The number of hydrogen-bond donors (Lipinski definition) is 1. The van der Waals surface area contributed by atoms with Crippen molar-refractivity contribution in [2.24, 2.45) is 0 Å². The molecular weight excluding hydrogens is 298 g/mol. The molecule has 1 atom stereocenters. The van der Waals surface area contributed by atoms with Crippen molar-refractivity contribution in [1.29, 1.82) is 0 Å². The van der Waals surface area contributed by atoms with Crippen LogP contribution in [0.1, 0.15) is 104 Å². The van der Waals surface area contributed by atoms with Crippen LogP contribution in [0.4, 0.5) is 4.79 Å². The normalized spacial score (nSPS) is 12.5. The molecule has 0 aliphatic carbocycles. The van der Waals surface area contributed by atoms with Crippen molar-refractivity contribution in [2.75, 3.05) is 7.11 Å². The van der Waals surface area contributed by atoms with Crippen molar-refractivity contribution < 1.29 is 9.53 Å². The summed E-state index contributed by atoms with van der Waals surface area (Å²) in [6.45, 7) is 4.46. The first-order valence-electron chi connectivity index (χ1n) is 10.2. The van der Waals surface area contributed by atoms with Crippen molar-refractivity contribution >= 4 is 6.09 Å². The fourth-order valence-electron chi connectivity index (χ4n) is 2.91. The zero-order valence-electron chi connectivity index (χ0n) is 16.4. The quantitative estimate of drug-likeness (QED) is 0.249. The number of alkyl carbamates (subject to hydrolysis) is 1. The number of amides is 1. The Morgan fingerprint density at radius 3 is 1.88 bits per heavy atom. The molecule has 0 aromatic heterocycles. The Bertz CT molecular complexity index is 302. The van der Waals surface area contributed by atoms with E-state index in [2.05, 4.69) is 31.3 Å². The largest absolute Gasteiger partial charge is 0.453 e. The molecule has 0 aliphatic heterocycles. The van der Waals surface area contributed by atoms with E-state index in [1.165, 1.54) is 84.2 Å². The number of ether oxygens (including phenoxy) is 1. The second-order valence-electron chi connectivity index (χ2n) is 6.79. The molecule has 0 bridgehead atoms. The Kier molecular flexibility index (Phi) is 17.6. The van der Waals surface area contributed by atoms with Gasteiger partial charge in [-0.2, -0.15) is 0 Å². The van der Waals surface area contributed by atoms with Crippen molar-refractivity contribution in [3.05, 3.63) is 12.2 Å². The van der Waals surface area contributed by atoms with Crippen LogP contribution >= 0.6 is 0 Å². The van der Waals surface area contributed by atoms with Gasteiger partial charge in [-0.1, -0.05) is 77.4 Å². The lowest BCUT2D eigenvalue weighted by atomic mass is 10.0. The number of allylic oxidation sites excluding steroid dienone is 2. The van der Waals surface area contributed by atoms with Gasteiger partial charge in [-0.25, -0.2) is 4.79 Å². The van der Waals surface area contributed by atoms with Crippen LogP contribution in [-0.4, -0.2) is 19.2 Å². The Labute approximate surface area is 150 Å². The summed E-state index contributed by atoms with van der Waals surface area (Å²) in [4.78, 5) is 11.4. The van der Waals surface area contributed by atoms with Crippen LogP contribution in [0.25, 0.3) is 0 Å². The van der Waals surface area contributed by atoms with E-state index < -0.39 is 0 Å². The third kappa shape index (κ3) is 15.9. The zero-order chi connectivity index (χ0) is 17.9. The average molecular weight is 340 g/mol. The molecule has 0 aromatic rings. The van der Waals surface area contributed by atoms with Gasteiger partial charge in [-0.3, -0.25) is 0 Å². The van der Waals surface area contributed by atoms with Crippen LogP contribution < -0.4 is 5.32 Å². The molecular formula is C21H41NO2. The van der Waals surface area contributed by atoms with Crippen molar-refractivity contribution in [3.8, 4) is 0 Å². The van der Waals surface area contributed by atoms with E-state index >= 15 is 0 Å². The molecule has 0 heterocycles. The molecule has 0 saturated carbocycles. The Morgan fingerprint density at radius 2 is 1.33 bits per heavy atom. The number of nitrogens with one attached hydrogen (secondary N) is 1. The smallest absolute Gasteiger partial charge is 0.407 e. The number of carbonyl (C=O) groups excluding carboxylic acids is 1. The van der Waals surface area contributed by atoms with E-state index in [1.54, 1.807) is 0 Å². The SMILES string of the molecule is CCCCCC/C=C/CCCCCC(CCCCC)NC(=O)OC. The highest BCUT2D eigenvalue weighted by atomic mass is 16.5. The van der Waals surface area contributed by atoms with Gasteiger partial charge in [0.15, 0.2) is 0 Å². The van der Waals surface area contributed by atoms with E-state index in [-0.39, 0.29) is 12.1 Å². The second kappa shape index (κ2) is 18.4.